The van der Waals surface area contributed by atoms with E-state index in [1.165, 1.54) is 34.3 Å². The van der Waals surface area contributed by atoms with Crippen molar-refractivity contribution in [3.63, 3.8) is 0 Å². The molecule has 0 radical (unpaired) electrons. The van der Waals surface area contributed by atoms with E-state index in [1.807, 2.05) is 0 Å². The zero-order chi connectivity index (χ0) is 19.3. The van der Waals surface area contributed by atoms with Gasteiger partial charge in [0, 0.05) is 12.6 Å². The summed E-state index contributed by atoms with van der Waals surface area (Å²) in [6.07, 6.45) is 7.86. The number of anilines is 1. The Morgan fingerprint density at radius 3 is 2.85 bits per heavy atom. The normalized spacial score (nSPS) is 19.4. The Bertz CT molecular complexity index is 827. The van der Waals surface area contributed by atoms with Gasteiger partial charge in [-0.1, -0.05) is 18.2 Å². The number of benzene rings is 1. The largest absolute Gasteiger partial charge is 0.362 e. The lowest BCUT2D eigenvalue weighted by molar-refractivity contribution is -0.124. The first kappa shape index (κ1) is 19.0. The lowest BCUT2D eigenvalue weighted by Crippen LogP contribution is -2.43. The van der Waals surface area contributed by atoms with E-state index in [1.54, 1.807) is 12.4 Å². The third-order valence-corrected chi connectivity index (χ3v) is 5.07. The molecule has 1 aromatic heterocycles. The number of nitrogens with zero attached hydrogens (tertiary/aromatic N) is 2. The van der Waals surface area contributed by atoms with Crippen LogP contribution >= 0.6 is 0 Å². The van der Waals surface area contributed by atoms with Crippen LogP contribution in [0.4, 0.5) is 5.82 Å². The van der Waals surface area contributed by atoms with Gasteiger partial charge in [0.15, 0.2) is 0 Å². The molecular formula is C20H25N5O2. The first-order valence-electron chi connectivity index (χ1n) is 8.99. The van der Waals surface area contributed by atoms with Crippen molar-refractivity contribution in [1.29, 1.82) is 0 Å². The molecule has 0 unspecified atom stereocenters. The molecule has 0 saturated carbocycles. The fraction of sp³-hybridized carbons (Fsp3) is 0.350. The Kier molecular flexibility index (Phi) is 5.83. The minimum absolute atomic E-state index is 0.110. The number of carbonyl (C=O) groups is 1. The van der Waals surface area contributed by atoms with Crippen molar-refractivity contribution in [2.75, 3.05) is 18.4 Å². The van der Waals surface area contributed by atoms with Crippen LogP contribution in [0.5, 0.6) is 0 Å². The Morgan fingerprint density at radius 1 is 1.33 bits per heavy atom. The van der Waals surface area contributed by atoms with Gasteiger partial charge < -0.3 is 10.6 Å². The fourth-order valence-electron chi connectivity index (χ4n) is 3.37. The van der Waals surface area contributed by atoms with E-state index < -0.39 is 5.91 Å². The quantitative estimate of drug-likeness (QED) is 0.354. The van der Waals surface area contributed by atoms with Gasteiger partial charge >= 0.3 is 0 Å². The third kappa shape index (κ3) is 4.69. The highest BCUT2D eigenvalue weighted by Crippen LogP contribution is 2.27. The van der Waals surface area contributed by atoms with E-state index in [9.17, 15) is 4.79 Å². The maximum Gasteiger partial charge on any atom is 0.267 e. The molecular weight excluding hydrogens is 342 g/mol. The monoisotopic (exact) mass is 367 g/mol. The average Bonchev–Trinajstić information content (AvgIpc) is 3.13. The van der Waals surface area contributed by atoms with Crippen molar-refractivity contribution >= 4 is 17.8 Å². The molecule has 1 aromatic carbocycles. The van der Waals surface area contributed by atoms with E-state index in [-0.39, 0.29) is 5.54 Å². The van der Waals surface area contributed by atoms with Crippen molar-refractivity contribution in [3.8, 4) is 0 Å². The van der Waals surface area contributed by atoms with Crippen molar-refractivity contribution in [1.82, 2.24) is 20.8 Å². The summed E-state index contributed by atoms with van der Waals surface area (Å²) in [5.41, 5.74) is 5.94. The predicted octanol–water partition coefficient (Wildman–Crippen LogP) is 2.00. The number of carbonyl (C=O) groups excluding carboxylic acids is 1. The fourth-order valence-corrected chi connectivity index (χ4v) is 3.37. The van der Waals surface area contributed by atoms with Gasteiger partial charge in [0.2, 0.25) is 0 Å². The summed E-state index contributed by atoms with van der Waals surface area (Å²) < 4.78 is 0. The van der Waals surface area contributed by atoms with Gasteiger partial charge in [-0.25, -0.2) is 10.5 Å². The Morgan fingerprint density at radius 2 is 2.19 bits per heavy atom. The second kappa shape index (κ2) is 8.28. The molecule has 3 rings (SSSR count). The average molecular weight is 367 g/mol. The molecule has 0 aliphatic carbocycles. The van der Waals surface area contributed by atoms with Crippen molar-refractivity contribution < 1.29 is 10.0 Å². The maximum absolute atomic E-state index is 11.0. The molecule has 1 saturated heterocycles. The molecule has 1 aliphatic rings. The van der Waals surface area contributed by atoms with Crippen LogP contribution in [0.1, 0.15) is 28.8 Å². The number of hydrogen-bond acceptors (Lipinski definition) is 6. The molecule has 1 aliphatic heterocycles. The molecule has 1 fully saturated rings. The number of rotatable bonds is 6. The molecule has 0 bridgehead atoms. The van der Waals surface area contributed by atoms with E-state index in [4.69, 9.17) is 5.21 Å². The molecule has 1 atom stereocenters. The summed E-state index contributed by atoms with van der Waals surface area (Å²) in [5.74, 6) is 0.0938. The molecule has 0 spiro atoms. The van der Waals surface area contributed by atoms with Crippen LogP contribution in [0.2, 0.25) is 0 Å². The van der Waals surface area contributed by atoms with E-state index in [0.717, 1.165) is 25.9 Å². The van der Waals surface area contributed by atoms with E-state index >= 15 is 0 Å². The van der Waals surface area contributed by atoms with Gasteiger partial charge in [-0.15, -0.1) is 0 Å². The van der Waals surface area contributed by atoms with Gasteiger partial charge in [-0.3, -0.25) is 15.0 Å². The van der Waals surface area contributed by atoms with Gasteiger partial charge in [0.1, 0.15) is 5.82 Å². The van der Waals surface area contributed by atoms with Crippen molar-refractivity contribution in [3.05, 3.63) is 59.1 Å². The van der Waals surface area contributed by atoms with Gasteiger partial charge in [0.25, 0.3) is 5.91 Å². The highest BCUT2D eigenvalue weighted by atomic mass is 16.5. The van der Waals surface area contributed by atoms with Crippen LogP contribution in [0.15, 0.2) is 36.7 Å². The lowest BCUT2D eigenvalue weighted by Gasteiger charge is -2.31. The topological polar surface area (TPSA) is 99.2 Å². The number of aryl methyl sites for hydroxylation is 1. The zero-order valence-corrected chi connectivity index (χ0v) is 15.6. The van der Waals surface area contributed by atoms with Crippen LogP contribution in [-0.4, -0.2) is 39.7 Å². The van der Waals surface area contributed by atoms with Crippen LogP contribution < -0.4 is 16.1 Å². The molecule has 27 heavy (non-hydrogen) atoms. The molecule has 2 aromatic rings. The molecule has 7 heteroatoms. The molecule has 4 N–H and O–H groups in total. The number of amides is 1. The van der Waals surface area contributed by atoms with Crippen molar-refractivity contribution in [2.24, 2.45) is 0 Å². The lowest BCUT2D eigenvalue weighted by atomic mass is 9.87. The third-order valence-electron chi connectivity index (χ3n) is 5.07. The maximum atomic E-state index is 11.0. The second-order valence-corrected chi connectivity index (χ2v) is 7.00. The molecule has 7 nitrogen and oxygen atoms in total. The summed E-state index contributed by atoms with van der Waals surface area (Å²) in [6.45, 7) is 6.13. The van der Waals surface area contributed by atoms with Crippen LogP contribution in [-0.2, 0) is 11.2 Å². The highest BCUT2D eigenvalue weighted by Gasteiger charge is 2.34. The highest BCUT2D eigenvalue weighted by molar-refractivity contribution is 5.90. The van der Waals surface area contributed by atoms with Crippen LogP contribution in [0.3, 0.4) is 0 Å². The summed E-state index contributed by atoms with van der Waals surface area (Å²) in [6, 6.07) is 6.44. The second-order valence-electron chi connectivity index (χ2n) is 7.00. The number of aromatic nitrogens is 2. The minimum atomic E-state index is -0.608. The Balaban J connectivity index is 1.75. The van der Waals surface area contributed by atoms with E-state index in [0.29, 0.717) is 11.5 Å². The Labute approximate surface area is 158 Å². The summed E-state index contributed by atoms with van der Waals surface area (Å²) >= 11 is 0. The van der Waals surface area contributed by atoms with Crippen LogP contribution in [0, 0.1) is 13.8 Å². The molecule has 142 valence electrons. The van der Waals surface area contributed by atoms with Crippen molar-refractivity contribution in [2.45, 2.75) is 32.2 Å². The number of nitrogens with one attached hydrogen (secondary N) is 3. The SMILES string of the molecule is Cc1cccc(C[C@@]2(Nc3cnc(/C=C/C(=O)NO)cn3)CCNC2)c1C. The van der Waals surface area contributed by atoms with Gasteiger partial charge in [0.05, 0.1) is 23.6 Å². The van der Waals surface area contributed by atoms with Crippen LogP contribution in [0.25, 0.3) is 6.08 Å². The summed E-state index contributed by atoms with van der Waals surface area (Å²) in [7, 11) is 0. The molecule has 2 heterocycles. The minimum Gasteiger partial charge on any atom is -0.362 e. The zero-order valence-electron chi connectivity index (χ0n) is 15.6. The summed E-state index contributed by atoms with van der Waals surface area (Å²) in [5, 5.41) is 15.5. The Hall–Kier alpha value is -2.77. The van der Waals surface area contributed by atoms with E-state index in [2.05, 4.69) is 52.6 Å². The van der Waals surface area contributed by atoms with Gasteiger partial charge in [-0.2, -0.15) is 0 Å². The predicted molar refractivity (Wildman–Crippen MR) is 104 cm³/mol. The summed E-state index contributed by atoms with van der Waals surface area (Å²) in [4.78, 5) is 19.8. The molecule has 1 amide bonds. The smallest absolute Gasteiger partial charge is 0.267 e. The first-order chi connectivity index (χ1) is 13.0. The first-order valence-corrected chi connectivity index (χ1v) is 8.99. The standard InChI is InChI=1S/C20H25N5O2/c1-14-4-3-5-16(15(14)2)10-20(8-9-21-13-20)24-18-12-22-17(11-23-18)6-7-19(26)25-27/h3-7,11-12,21,27H,8-10,13H2,1-2H3,(H,23,24)(H,25,26)/b7-6+/t20-/m0/s1. The number of hydrogen-bond donors (Lipinski definition) is 4. The van der Waals surface area contributed by atoms with Gasteiger partial charge in [-0.05, 0) is 56.0 Å². The number of hydroxylamine groups is 1.